The van der Waals surface area contributed by atoms with Gasteiger partial charge >= 0.3 is 0 Å². The van der Waals surface area contributed by atoms with Gasteiger partial charge in [0.25, 0.3) is 0 Å². The highest BCUT2D eigenvalue weighted by atomic mass is 14.0. The Morgan fingerprint density at radius 2 is 1.67 bits per heavy atom. The van der Waals surface area contributed by atoms with Crippen molar-refractivity contribution < 1.29 is 0 Å². The van der Waals surface area contributed by atoms with Crippen molar-refractivity contribution >= 4 is 13.2 Å². The van der Waals surface area contributed by atoms with Crippen molar-refractivity contribution in [2.24, 2.45) is 0 Å². The van der Waals surface area contributed by atoms with E-state index in [4.69, 9.17) is 0 Å². The van der Waals surface area contributed by atoms with Crippen LogP contribution in [0.2, 0.25) is 0 Å². The van der Waals surface area contributed by atoms with Crippen LogP contribution in [0.1, 0.15) is 0 Å². The van der Waals surface area contributed by atoms with Crippen molar-refractivity contribution in [1.29, 1.82) is 0 Å². The highest BCUT2D eigenvalue weighted by Gasteiger charge is 2.00. The molecular weight excluding hydrogens is 144 g/mol. The minimum Gasteiger partial charge on any atom is -0.0911 e. The molecule has 0 aromatic carbocycles. The van der Waals surface area contributed by atoms with E-state index in [1.165, 1.54) is 11.1 Å². The van der Waals surface area contributed by atoms with Crippen molar-refractivity contribution in [3.8, 4) is 11.1 Å². The van der Waals surface area contributed by atoms with Crippen LogP contribution in [0.15, 0.2) is 36.4 Å². The summed E-state index contributed by atoms with van der Waals surface area (Å²) in [6.45, 7) is 7.89. The molecule has 58 valence electrons. The molecule has 0 heteroatoms. The van der Waals surface area contributed by atoms with Crippen LogP contribution in [0.5, 0.6) is 0 Å². The summed E-state index contributed by atoms with van der Waals surface area (Å²) in [5.74, 6) is 0. The Hall–Kier alpha value is -1.56. The Balaban J connectivity index is 2.98. The first-order valence-electron chi connectivity index (χ1n) is 3.95. The van der Waals surface area contributed by atoms with E-state index in [0.717, 1.165) is 10.4 Å². The van der Waals surface area contributed by atoms with Crippen molar-refractivity contribution in [3.63, 3.8) is 0 Å². The van der Waals surface area contributed by atoms with Gasteiger partial charge in [-0.15, -0.1) is 0 Å². The van der Waals surface area contributed by atoms with E-state index in [9.17, 15) is 0 Å². The van der Waals surface area contributed by atoms with E-state index in [1.807, 2.05) is 18.2 Å². The summed E-state index contributed by atoms with van der Waals surface area (Å²) < 4.78 is 0. The Kier molecular flexibility index (Phi) is 1.47. The van der Waals surface area contributed by atoms with Gasteiger partial charge in [0.1, 0.15) is 0 Å². The normalized spacial score (nSPS) is 10.3. The van der Waals surface area contributed by atoms with Gasteiger partial charge in [-0.2, -0.15) is 0 Å². The largest absolute Gasteiger partial charge is 0.0911 e. The van der Waals surface area contributed by atoms with Gasteiger partial charge in [0.05, 0.1) is 0 Å². The highest BCUT2D eigenvalue weighted by molar-refractivity contribution is 5.67. The standard InChI is InChI=1S/C12H10/c1-9-8-11-6-4-3-5-7-12(11)10(9)2/h3-8H,1-2H2. The Morgan fingerprint density at radius 1 is 0.917 bits per heavy atom. The van der Waals surface area contributed by atoms with Crippen molar-refractivity contribution in [2.45, 2.75) is 0 Å². The first kappa shape index (κ1) is 7.11. The summed E-state index contributed by atoms with van der Waals surface area (Å²) in [5, 5.41) is 2.07. The van der Waals surface area contributed by atoms with E-state index in [-0.39, 0.29) is 0 Å². The zero-order valence-electron chi connectivity index (χ0n) is 6.88. The monoisotopic (exact) mass is 154 g/mol. The molecule has 0 N–H and O–H groups in total. The van der Waals surface area contributed by atoms with Gasteiger partial charge < -0.3 is 0 Å². The molecule has 2 aliphatic rings. The van der Waals surface area contributed by atoms with Crippen LogP contribution in [0, 0.1) is 0 Å². The molecule has 0 aliphatic heterocycles. The van der Waals surface area contributed by atoms with Crippen molar-refractivity contribution in [3.05, 3.63) is 46.8 Å². The third-order valence-corrected chi connectivity index (χ3v) is 2.11. The Labute approximate surface area is 71.8 Å². The second-order valence-electron chi connectivity index (χ2n) is 2.93. The molecule has 0 unspecified atom stereocenters. The summed E-state index contributed by atoms with van der Waals surface area (Å²) in [5.41, 5.74) is 2.42. The third kappa shape index (κ3) is 0.928. The molecule has 0 nitrogen and oxygen atoms in total. The molecule has 0 radical (unpaired) electrons. The van der Waals surface area contributed by atoms with E-state index in [1.54, 1.807) is 0 Å². The molecule has 0 fully saturated rings. The van der Waals surface area contributed by atoms with Crippen LogP contribution >= 0.6 is 0 Å². The zero-order valence-corrected chi connectivity index (χ0v) is 6.88. The number of rotatable bonds is 0. The topological polar surface area (TPSA) is 0 Å². The van der Waals surface area contributed by atoms with E-state index < -0.39 is 0 Å². The van der Waals surface area contributed by atoms with Crippen LogP contribution < -0.4 is 10.4 Å². The van der Waals surface area contributed by atoms with Gasteiger partial charge in [-0.3, -0.25) is 0 Å². The average molecular weight is 154 g/mol. The molecule has 0 saturated carbocycles. The first-order chi connectivity index (χ1) is 5.79. The molecule has 0 aromatic rings. The average Bonchev–Trinajstić information content (AvgIpc) is 2.30. The van der Waals surface area contributed by atoms with Gasteiger partial charge in [-0.1, -0.05) is 43.5 Å². The molecular formula is C12H10. The van der Waals surface area contributed by atoms with Crippen molar-refractivity contribution in [2.75, 3.05) is 0 Å². The lowest BCUT2D eigenvalue weighted by molar-refractivity contribution is 1.70. The van der Waals surface area contributed by atoms with Crippen LogP contribution in [-0.4, -0.2) is 0 Å². The second kappa shape index (κ2) is 2.49. The maximum absolute atomic E-state index is 3.97. The zero-order chi connectivity index (χ0) is 8.55. The van der Waals surface area contributed by atoms with E-state index in [2.05, 4.69) is 31.4 Å². The molecule has 12 heavy (non-hydrogen) atoms. The summed E-state index contributed by atoms with van der Waals surface area (Å²) in [6, 6.07) is 12.3. The van der Waals surface area contributed by atoms with Crippen molar-refractivity contribution in [1.82, 2.24) is 0 Å². The Bertz CT molecular complexity index is 468. The highest BCUT2D eigenvalue weighted by Crippen LogP contribution is 2.12. The quantitative estimate of drug-likeness (QED) is 0.541. The maximum Gasteiger partial charge on any atom is -0.0111 e. The lowest BCUT2D eigenvalue weighted by Gasteiger charge is -1.87. The molecule has 0 heterocycles. The van der Waals surface area contributed by atoms with Gasteiger partial charge in [-0.25, -0.2) is 0 Å². The smallest absolute Gasteiger partial charge is 0.0111 e. The van der Waals surface area contributed by atoms with E-state index >= 15 is 0 Å². The van der Waals surface area contributed by atoms with Gasteiger partial charge in [0.2, 0.25) is 0 Å². The lowest BCUT2D eigenvalue weighted by atomic mass is 10.2. The summed E-state index contributed by atoms with van der Waals surface area (Å²) in [4.78, 5) is 0. The third-order valence-electron chi connectivity index (χ3n) is 2.11. The molecule has 0 spiro atoms. The molecule has 2 rings (SSSR count). The van der Waals surface area contributed by atoms with Crippen LogP contribution in [0.4, 0.5) is 0 Å². The van der Waals surface area contributed by atoms with Crippen LogP contribution in [0.3, 0.4) is 0 Å². The fourth-order valence-electron chi connectivity index (χ4n) is 1.41. The molecule has 0 amide bonds. The van der Waals surface area contributed by atoms with Crippen LogP contribution in [-0.2, 0) is 0 Å². The molecule has 0 bridgehead atoms. The SMILES string of the molecule is C=c1cc2cccccc-2c1=C. The number of hydrogen-bond acceptors (Lipinski definition) is 0. The molecule has 0 aromatic heterocycles. The summed E-state index contributed by atoms with van der Waals surface area (Å²) in [7, 11) is 0. The van der Waals surface area contributed by atoms with Gasteiger partial charge in [-0.05, 0) is 27.6 Å². The lowest BCUT2D eigenvalue weighted by Crippen LogP contribution is -2.15. The Morgan fingerprint density at radius 3 is 2.50 bits per heavy atom. The number of hydrogen-bond donors (Lipinski definition) is 0. The summed E-state index contributed by atoms with van der Waals surface area (Å²) in [6.07, 6.45) is 0. The molecule has 0 saturated heterocycles. The number of fused-ring (bicyclic) bond motifs is 1. The van der Waals surface area contributed by atoms with E-state index in [0.29, 0.717) is 0 Å². The second-order valence-corrected chi connectivity index (χ2v) is 2.93. The minimum atomic E-state index is 1.02. The first-order valence-corrected chi connectivity index (χ1v) is 3.95. The van der Waals surface area contributed by atoms with Crippen LogP contribution in [0.25, 0.3) is 24.3 Å². The predicted molar refractivity (Wildman–Crippen MR) is 53.4 cm³/mol. The predicted octanol–water partition coefficient (Wildman–Crippen LogP) is 1.61. The van der Waals surface area contributed by atoms with Gasteiger partial charge in [0.15, 0.2) is 0 Å². The fourth-order valence-corrected chi connectivity index (χ4v) is 1.41. The molecule has 0 atom stereocenters. The summed E-state index contributed by atoms with van der Waals surface area (Å²) >= 11 is 0. The minimum absolute atomic E-state index is 1.02. The fraction of sp³-hybridized carbons (Fsp3) is 0. The maximum atomic E-state index is 3.97. The molecule has 2 aliphatic carbocycles. The van der Waals surface area contributed by atoms with Gasteiger partial charge in [0, 0.05) is 0 Å².